The molecule has 2 saturated carbocycles. The molecule has 3 atom stereocenters. The number of hydrogen-bond donors (Lipinski definition) is 1. The Morgan fingerprint density at radius 3 is 2.66 bits per heavy atom. The number of ether oxygens (including phenoxy) is 1. The molecule has 2 fully saturated rings. The van der Waals surface area contributed by atoms with Crippen molar-refractivity contribution in [3.8, 4) is 0 Å². The van der Waals surface area contributed by atoms with Crippen LogP contribution in [0, 0.1) is 5.92 Å². The van der Waals surface area contributed by atoms with Gasteiger partial charge in [-0.05, 0) is 51.9 Å². The van der Waals surface area contributed by atoms with Crippen molar-refractivity contribution in [3.05, 3.63) is 17.0 Å². The molecule has 0 radical (unpaired) electrons. The van der Waals surface area contributed by atoms with E-state index in [-0.39, 0.29) is 29.2 Å². The fourth-order valence-electron chi connectivity index (χ4n) is 5.34. The van der Waals surface area contributed by atoms with Crippen molar-refractivity contribution in [1.29, 1.82) is 0 Å². The summed E-state index contributed by atoms with van der Waals surface area (Å²) in [4.78, 5) is 25.5. The Balaban J connectivity index is 1.57. The van der Waals surface area contributed by atoms with Crippen LogP contribution < -0.4 is 5.32 Å². The molecule has 0 spiro atoms. The summed E-state index contributed by atoms with van der Waals surface area (Å²) in [5, 5.41) is 7.85. The van der Waals surface area contributed by atoms with E-state index in [0.717, 1.165) is 62.6 Å². The number of carbonyl (C=O) groups excluding carboxylic acids is 2. The third-order valence-corrected chi connectivity index (χ3v) is 7.21. The average molecular weight is 422 g/mol. The lowest BCUT2D eigenvalue weighted by atomic mass is 9.92. The first kappa shape index (κ1) is 20.7. The van der Waals surface area contributed by atoms with E-state index >= 15 is 0 Å². The molecular formula is C22H32ClN3O3. The Morgan fingerprint density at radius 2 is 1.90 bits per heavy atom. The van der Waals surface area contributed by atoms with E-state index < -0.39 is 0 Å². The molecule has 3 aliphatic rings. The molecule has 6 nitrogen and oxygen atoms in total. The zero-order valence-corrected chi connectivity index (χ0v) is 18.0. The minimum atomic E-state index is -0.254. The number of alkyl halides is 1. The number of nitrogens with one attached hydrogen (secondary N) is 1. The lowest BCUT2D eigenvalue weighted by molar-refractivity contribution is -0.148. The van der Waals surface area contributed by atoms with Crippen LogP contribution in [0.25, 0.3) is 0 Å². The lowest BCUT2D eigenvalue weighted by Crippen LogP contribution is -2.41. The van der Waals surface area contributed by atoms with E-state index in [4.69, 9.17) is 21.4 Å². The smallest absolute Gasteiger partial charge is 0.311 e. The summed E-state index contributed by atoms with van der Waals surface area (Å²) in [6.07, 6.45) is 11.1. The molecule has 0 bridgehead atoms. The van der Waals surface area contributed by atoms with Crippen LogP contribution in [-0.2, 0) is 16.0 Å². The minimum absolute atomic E-state index is 0.0755. The summed E-state index contributed by atoms with van der Waals surface area (Å²) >= 11 is 6.71. The molecule has 0 aliphatic heterocycles. The normalized spacial score (nSPS) is 27.4. The Morgan fingerprint density at radius 1 is 1.10 bits per heavy atom. The number of aromatic nitrogens is 2. The van der Waals surface area contributed by atoms with Crippen LogP contribution in [0.4, 0.5) is 0 Å². The summed E-state index contributed by atoms with van der Waals surface area (Å²) < 4.78 is 7.29. The first-order chi connectivity index (χ1) is 14.1. The number of nitrogens with zero attached hydrogens (tertiary/aromatic N) is 2. The van der Waals surface area contributed by atoms with Crippen LogP contribution in [0.5, 0.6) is 0 Å². The summed E-state index contributed by atoms with van der Waals surface area (Å²) in [6.45, 7) is 2.18. The number of fused-ring (bicyclic) bond motifs is 1. The molecule has 160 valence electrons. The number of carbonyl (C=O) groups is 2. The molecule has 1 amide bonds. The third-order valence-electron chi connectivity index (χ3n) is 6.79. The molecule has 4 rings (SSSR count). The number of esters is 1. The van der Waals surface area contributed by atoms with E-state index in [1.54, 1.807) is 0 Å². The minimum Gasteiger partial charge on any atom is -0.466 e. The number of halogens is 1. The fraction of sp³-hybridized carbons (Fsp3) is 0.773. The number of hydrogen-bond acceptors (Lipinski definition) is 4. The second kappa shape index (κ2) is 9.07. The Bertz CT molecular complexity index is 757. The molecule has 0 aromatic carbocycles. The van der Waals surface area contributed by atoms with Crippen LogP contribution in [0.1, 0.15) is 104 Å². The van der Waals surface area contributed by atoms with Crippen molar-refractivity contribution in [2.75, 3.05) is 6.61 Å². The van der Waals surface area contributed by atoms with Crippen molar-refractivity contribution in [1.82, 2.24) is 15.1 Å². The Kier molecular flexibility index (Phi) is 6.47. The number of rotatable bonds is 5. The highest BCUT2D eigenvalue weighted by molar-refractivity contribution is 6.21. The van der Waals surface area contributed by atoms with Crippen LogP contribution in [0.15, 0.2) is 0 Å². The molecule has 1 N–H and O–H groups in total. The molecular weight excluding hydrogens is 390 g/mol. The Hall–Kier alpha value is -1.56. The maximum absolute atomic E-state index is 13.2. The monoisotopic (exact) mass is 421 g/mol. The number of amides is 1. The van der Waals surface area contributed by atoms with Gasteiger partial charge in [0.05, 0.1) is 29.6 Å². The third kappa shape index (κ3) is 4.18. The van der Waals surface area contributed by atoms with Crippen LogP contribution in [-0.4, -0.2) is 34.3 Å². The molecule has 29 heavy (non-hydrogen) atoms. The van der Waals surface area contributed by atoms with Gasteiger partial charge >= 0.3 is 5.97 Å². The summed E-state index contributed by atoms with van der Waals surface area (Å²) in [7, 11) is 0. The molecule has 1 unspecified atom stereocenters. The van der Waals surface area contributed by atoms with Gasteiger partial charge in [-0.2, -0.15) is 5.10 Å². The van der Waals surface area contributed by atoms with Crippen LogP contribution in [0.2, 0.25) is 0 Å². The maximum atomic E-state index is 13.2. The first-order valence-electron chi connectivity index (χ1n) is 11.3. The van der Waals surface area contributed by atoms with E-state index in [1.807, 2.05) is 6.92 Å². The van der Waals surface area contributed by atoms with Gasteiger partial charge in [-0.25, -0.2) is 0 Å². The van der Waals surface area contributed by atoms with Gasteiger partial charge in [-0.3, -0.25) is 14.3 Å². The second-order valence-corrected chi connectivity index (χ2v) is 9.20. The highest BCUT2D eigenvalue weighted by atomic mass is 35.5. The largest absolute Gasteiger partial charge is 0.466 e. The van der Waals surface area contributed by atoms with Gasteiger partial charge in [0.2, 0.25) is 0 Å². The van der Waals surface area contributed by atoms with Gasteiger partial charge in [0, 0.05) is 11.6 Å². The first-order valence-corrected chi connectivity index (χ1v) is 11.8. The van der Waals surface area contributed by atoms with Crippen LogP contribution in [0.3, 0.4) is 0 Å². The highest BCUT2D eigenvalue weighted by Crippen LogP contribution is 2.40. The Labute approximate surface area is 177 Å². The molecule has 3 aliphatic carbocycles. The predicted octanol–water partition coefficient (Wildman–Crippen LogP) is 4.47. The van der Waals surface area contributed by atoms with Gasteiger partial charge in [-0.15, -0.1) is 11.6 Å². The summed E-state index contributed by atoms with van der Waals surface area (Å²) in [6, 6.07) is 0.171. The van der Waals surface area contributed by atoms with Gasteiger partial charge in [0.1, 0.15) is 0 Å². The summed E-state index contributed by atoms with van der Waals surface area (Å²) in [5.41, 5.74) is 2.60. The average Bonchev–Trinajstić information content (AvgIpc) is 3.34. The molecule has 1 aromatic rings. The molecule has 1 heterocycles. The van der Waals surface area contributed by atoms with E-state index in [0.29, 0.717) is 18.3 Å². The van der Waals surface area contributed by atoms with E-state index in [2.05, 4.69) is 10.00 Å². The van der Waals surface area contributed by atoms with Gasteiger partial charge in [0.25, 0.3) is 5.91 Å². The van der Waals surface area contributed by atoms with Gasteiger partial charge < -0.3 is 10.1 Å². The molecule has 7 heteroatoms. The quantitative estimate of drug-likeness (QED) is 0.562. The van der Waals surface area contributed by atoms with Gasteiger partial charge in [-0.1, -0.05) is 25.7 Å². The van der Waals surface area contributed by atoms with Gasteiger partial charge in [0.15, 0.2) is 5.69 Å². The van der Waals surface area contributed by atoms with Crippen molar-refractivity contribution in [2.45, 2.75) is 95.0 Å². The van der Waals surface area contributed by atoms with Crippen molar-refractivity contribution < 1.29 is 14.3 Å². The van der Waals surface area contributed by atoms with Crippen LogP contribution >= 0.6 is 11.6 Å². The lowest BCUT2D eigenvalue weighted by Gasteiger charge is -2.27. The zero-order chi connectivity index (χ0) is 20.4. The summed E-state index contributed by atoms with van der Waals surface area (Å²) in [5.74, 6) is -0.621. The second-order valence-electron chi connectivity index (χ2n) is 8.68. The van der Waals surface area contributed by atoms with Crippen molar-refractivity contribution >= 4 is 23.5 Å². The molecule has 1 aromatic heterocycles. The highest BCUT2D eigenvalue weighted by Gasteiger charge is 2.37. The predicted molar refractivity (Wildman–Crippen MR) is 111 cm³/mol. The SMILES string of the molecule is CCOC(=O)[C@@H]1CCC[C@@H]1NC(=O)c1nn(C2CCCCC2)c2c1CCCC2Cl. The van der Waals surface area contributed by atoms with Crippen molar-refractivity contribution in [3.63, 3.8) is 0 Å². The zero-order valence-electron chi connectivity index (χ0n) is 17.3. The molecule has 0 saturated heterocycles. The van der Waals surface area contributed by atoms with E-state index in [9.17, 15) is 9.59 Å². The standard InChI is InChI=1S/C22H32ClN3O3/c1-2-29-22(28)15-10-7-13-18(15)24-21(27)19-16-11-6-12-17(23)20(16)26(25-19)14-8-4-3-5-9-14/h14-15,17-18H,2-13H2,1H3,(H,24,27)/t15-,17?,18+/m1/s1. The maximum Gasteiger partial charge on any atom is 0.311 e. The van der Waals surface area contributed by atoms with Crippen molar-refractivity contribution in [2.24, 2.45) is 5.92 Å². The topological polar surface area (TPSA) is 73.2 Å². The van der Waals surface area contributed by atoms with E-state index in [1.165, 1.54) is 19.3 Å². The fourth-order valence-corrected chi connectivity index (χ4v) is 5.73.